The van der Waals surface area contributed by atoms with Crippen LogP contribution in [0.3, 0.4) is 0 Å². The number of nitriles is 1. The number of amides is 1. The number of aromatic amines is 1. The van der Waals surface area contributed by atoms with Gasteiger partial charge in [-0.25, -0.2) is 0 Å². The Morgan fingerprint density at radius 1 is 1.18 bits per heavy atom. The van der Waals surface area contributed by atoms with Crippen LogP contribution in [0.2, 0.25) is 0 Å². The fraction of sp³-hybridized carbons (Fsp3) is 0.227. The molecule has 6 heteroatoms. The number of para-hydroxylation sites is 2. The molecule has 0 fully saturated rings. The van der Waals surface area contributed by atoms with Gasteiger partial charge in [0.05, 0.1) is 11.3 Å². The number of H-pyrrole nitrogens is 1. The molecule has 1 amide bonds. The molecular weight excluding hydrogens is 354 g/mol. The first-order valence-electron chi connectivity index (χ1n) is 9.13. The Morgan fingerprint density at radius 2 is 1.93 bits per heavy atom. The van der Waals surface area contributed by atoms with E-state index in [0.717, 1.165) is 22.9 Å². The number of fused-ring (bicyclic) bond motifs is 1. The lowest BCUT2D eigenvalue weighted by Gasteiger charge is -2.14. The van der Waals surface area contributed by atoms with E-state index >= 15 is 0 Å². The smallest absolute Gasteiger partial charge is 0.306 e. The maximum absolute atomic E-state index is 12.2. The average Bonchev–Trinajstić information content (AvgIpc) is 3.11. The predicted molar refractivity (Wildman–Crippen MR) is 107 cm³/mol. The molecule has 28 heavy (non-hydrogen) atoms. The highest BCUT2D eigenvalue weighted by Crippen LogP contribution is 2.19. The molecule has 0 aliphatic rings. The Balaban J connectivity index is 1.47. The summed E-state index contributed by atoms with van der Waals surface area (Å²) in [6.07, 6.45) is 2.62. The van der Waals surface area contributed by atoms with Crippen LogP contribution in [-0.4, -0.2) is 23.0 Å². The van der Waals surface area contributed by atoms with Crippen LogP contribution >= 0.6 is 0 Å². The molecule has 142 valence electrons. The van der Waals surface area contributed by atoms with Crippen molar-refractivity contribution in [1.82, 2.24) is 4.98 Å². The zero-order valence-electron chi connectivity index (χ0n) is 15.6. The van der Waals surface area contributed by atoms with Crippen molar-refractivity contribution in [2.24, 2.45) is 0 Å². The molecule has 3 aromatic rings. The lowest BCUT2D eigenvalue weighted by atomic mass is 10.1. The largest absolute Gasteiger partial charge is 0.453 e. The van der Waals surface area contributed by atoms with Crippen LogP contribution < -0.4 is 5.32 Å². The van der Waals surface area contributed by atoms with Gasteiger partial charge in [0, 0.05) is 23.5 Å². The molecule has 0 saturated carbocycles. The van der Waals surface area contributed by atoms with Crippen LogP contribution in [0.1, 0.15) is 30.9 Å². The zero-order chi connectivity index (χ0) is 19.9. The first-order chi connectivity index (χ1) is 13.6. The molecule has 2 aromatic carbocycles. The number of esters is 1. The highest BCUT2D eigenvalue weighted by atomic mass is 16.5. The zero-order valence-corrected chi connectivity index (χ0v) is 15.6. The van der Waals surface area contributed by atoms with Crippen molar-refractivity contribution < 1.29 is 14.3 Å². The van der Waals surface area contributed by atoms with E-state index in [1.807, 2.05) is 36.5 Å². The first kappa shape index (κ1) is 19.2. The average molecular weight is 375 g/mol. The summed E-state index contributed by atoms with van der Waals surface area (Å²) in [5.74, 6) is -0.885. The van der Waals surface area contributed by atoms with Crippen LogP contribution in [0.4, 0.5) is 5.69 Å². The van der Waals surface area contributed by atoms with Crippen molar-refractivity contribution in [3.63, 3.8) is 0 Å². The summed E-state index contributed by atoms with van der Waals surface area (Å²) in [5.41, 5.74) is 2.98. The summed E-state index contributed by atoms with van der Waals surface area (Å²) in [4.78, 5) is 27.5. The number of benzene rings is 2. The van der Waals surface area contributed by atoms with Crippen LogP contribution in [0.15, 0.2) is 54.7 Å². The Bertz CT molecular complexity index is 1030. The maximum atomic E-state index is 12.2. The van der Waals surface area contributed by atoms with Crippen LogP contribution in [0.25, 0.3) is 10.9 Å². The number of hydrogen-bond donors (Lipinski definition) is 2. The van der Waals surface area contributed by atoms with Gasteiger partial charge in [-0.3, -0.25) is 9.59 Å². The quantitative estimate of drug-likeness (QED) is 0.612. The highest BCUT2D eigenvalue weighted by molar-refractivity contribution is 5.96. The van der Waals surface area contributed by atoms with E-state index in [-0.39, 0.29) is 6.42 Å². The molecule has 0 spiro atoms. The Hall–Kier alpha value is -3.59. The Labute approximate surface area is 163 Å². The molecule has 0 unspecified atom stereocenters. The normalized spacial score (nSPS) is 11.6. The Kier molecular flexibility index (Phi) is 6.07. The molecule has 0 saturated heterocycles. The number of aryl methyl sites for hydroxylation is 1. The van der Waals surface area contributed by atoms with Crippen molar-refractivity contribution >= 4 is 28.5 Å². The number of carbonyl (C=O) groups excluding carboxylic acids is 2. The number of nitrogens with one attached hydrogen (secondary N) is 2. The fourth-order valence-corrected chi connectivity index (χ4v) is 3.00. The SMILES string of the molecule is C[C@H](OC(=O)CCCc1c[nH]c2ccccc12)C(=O)Nc1ccccc1C#N. The van der Waals surface area contributed by atoms with Crippen molar-refractivity contribution in [2.75, 3.05) is 5.32 Å². The molecule has 2 N–H and O–H groups in total. The summed E-state index contributed by atoms with van der Waals surface area (Å²) in [6, 6.07) is 16.7. The predicted octanol–water partition coefficient (Wildman–Crippen LogP) is 3.93. The second-order valence-electron chi connectivity index (χ2n) is 6.49. The van der Waals surface area contributed by atoms with Gasteiger partial charge in [0.15, 0.2) is 6.10 Å². The molecule has 1 heterocycles. The van der Waals surface area contributed by atoms with Crippen molar-refractivity contribution in [3.05, 3.63) is 65.9 Å². The third-order valence-electron chi connectivity index (χ3n) is 4.48. The van der Waals surface area contributed by atoms with E-state index in [4.69, 9.17) is 10.00 Å². The number of nitrogens with zero attached hydrogens (tertiary/aromatic N) is 1. The van der Waals surface area contributed by atoms with Crippen molar-refractivity contribution in [1.29, 1.82) is 5.26 Å². The molecule has 1 aromatic heterocycles. The minimum Gasteiger partial charge on any atom is -0.453 e. The summed E-state index contributed by atoms with van der Waals surface area (Å²) in [7, 11) is 0. The van der Waals surface area contributed by atoms with Crippen molar-refractivity contribution in [2.45, 2.75) is 32.3 Å². The van der Waals surface area contributed by atoms with E-state index in [1.54, 1.807) is 24.3 Å². The molecule has 6 nitrogen and oxygen atoms in total. The van der Waals surface area contributed by atoms with E-state index in [9.17, 15) is 9.59 Å². The third kappa shape index (κ3) is 4.57. The first-order valence-corrected chi connectivity index (χ1v) is 9.13. The number of rotatable bonds is 7. The molecule has 0 radical (unpaired) electrons. The second kappa shape index (κ2) is 8.87. The fourth-order valence-electron chi connectivity index (χ4n) is 3.00. The molecule has 1 atom stereocenters. The minimum absolute atomic E-state index is 0.228. The van der Waals surface area contributed by atoms with Gasteiger partial charge < -0.3 is 15.0 Å². The van der Waals surface area contributed by atoms with Gasteiger partial charge in [-0.1, -0.05) is 30.3 Å². The molecule has 0 aliphatic heterocycles. The number of carbonyl (C=O) groups is 2. The van der Waals surface area contributed by atoms with Crippen LogP contribution in [0, 0.1) is 11.3 Å². The highest BCUT2D eigenvalue weighted by Gasteiger charge is 2.18. The number of ether oxygens (including phenoxy) is 1. The van der Waals surface area contributed by atoms with Crippen molar-refractivity contribution in [3.8, 4) is 6.07 Å². The summed E-state index contributed by atoms with van der Waals surface area (Å²) in [6.45, 7) is 1.52. The number of hydrogen-bond acceptors (Lipinski definition) is 4. The minimum atomic E-state index is -0.938. The van der Waals surface area contributed by atoms with E-state index in [0.29, 0.717) is 17.7 Å². The van der Waals surface area contributed by atoms with Crippen LogP contribution in [0.5, 0.6) is 0 Å². The molecule has 0 aliphatic carbocycles. The molecular formula is C22H21N3O3. The van der Waals surface area contributed by atoms with Gasteiger partial charge in [-0.05, 0) is 43.5 Å². The molecule has 3 rings (SSSR count). The standard InChI is InChI=1S/C22H21N3O3/c1-15(22(27)25-19-10-4-2-7-16(19)13-23)28-21(26)12-6-8-17-14-24-20-11-5-3-9-18(17)20/h2-5,7,9-11,14-15,24H,6,8,12H2,1H3,(H,25,27)/t15-/m0/s1. The molecule has 0 bridgehead atoms. The van der Waals surface area contributed by atoms with Gasteiger partial charge in [0.2, 0.25) is 0 Å². The number of aromatic nitrogens is 1. The van der Waals surface area contributed by atoms with Gasteiger partial charge in [0.25, 0.3) is 5.91 Å². The summed E-state index contributed by atoms with van der Waals surface area (Å²) < 4.78 is 5.22. The summed E-state index contributed by atoms with van der Waals surface area (Å²) in [5, 5.41) is 12.8. The Morgan fingerprint density at radius 3 is 2.75 bits per heavy atom. The van der Waals surface area contributed by atoms with E-state index in [1.165, 1.54) is 6.92 Å². The monoisotopic (exact) mass is 375 g/mol. The van der Waals surface area contributed by atoms with Crippen LogP contribution in [-0.2, 0) is 20.7 Å². The van der Waals surface area contributed by atoms with E-state index < -0.39 is 18.0 Å². The second-order valence-corrected chi connectivity index (χ2v) is 6.49. The third-order valence-corrected chi connectivity index (χ3v) is 4.48. The topological polar surface area (TPSA) is 95.0 Å². The van der Waals surface area contributed by atoms with Gasteiger partial charge >= 0.3 is 5.97 Å². The van der Waals surface area contributed by atoms with Gasteiger partial charge in [-0.2, -0.15) is 5.26 Å². The van der Waals surface area contributed by atoms with Gasteiger partial charge in [0.1, 0.15) is 6.07 Å². The summed E-state index contributed by atoms with van der Waals surface area (Å²) >= 11 is 0. The lowest BCUT2D eigenvalue weighted by Crippen LogP contribution is -2.30. The van der Waals surface area contributed by atoms with Gasteiger partial charge in [-0.15, -0.1) is 0 Å². The number of anilines is 1. The van der Waals surface area contributed by atoms with E-state index in [2.05, 4.69) is 10.3 Å². The maximum Gasteiger partial charge on any atom is 0.306 e. The lowest BCUT2D eigenvalue weighted by molar-refractivity contribution is -0.153.